The van der Waals surface area contributed by atoms with E-state index in [1.165, 1.54) is 12.2 Å². The molecule has 0 unspecified atom stereocenters. The average Bonchev–Trinajstić information content (AvgIpc) is 2.88. The van der Waals surface area contributed by atoms with Gasteiger partial charge in [0.2, 0.25) is 11.8 Å². The van der Waals surface area contributed by atoms with Crippen LogP contribution in [0.25, 0.3) is 0 Å². The molecule has 0 aromatic rings. The predicted octanol–water partition coefficient (Wildman–Crippen LogP) is 3.09. The lowest BCUT2D eigenvalue weighted by Crippen LogP contribution is -2.33. The lowest BCUT2D eigenvalue weighted by atomic mass is 10.2. The number of carbonyl (C=O) groups is 4. The molecule has 0 aromatic carbocycles. The molecule has 0 aliphatic heterocycles. The van der Waals surface area contributed by atoms with Crippen molar-refractivity contribution < 1.29 is 33.4 Å². The fraction of sp³-hybridized carbons (Fsp3) is 0.786. The van der Waals surface area contributed by atoms with Gasteiger partial charge in [0.1, 0.15) is 0 Å². The Morgan fingerprint density at radius 2 is 1.24 bits per heavy atom. The van der Waals surface area contributed by atoms with Crippen molar-refractivity contribution in [2.45, 2.75) is 78.1 Å². The minimum Gasteiger partial charge on any atom is -0.466 e. The van der Waals surface area contributed by atoms with Crippen molar-refractivity contribution in [3.8, 4) is 0 Å². The summed E-state index contributed by atoms with van der Waals surface area (Å²) in [5.74, 6) is -1.16. The fourth-order valence-electron chi connectivity index (χ4n) is 3.30. The van der Waals surface area contributed by atoms with Gasteiger partial charge in [-0.05, 0) is 39.8 Å². The summed E-state index contributed by atoms with van der Waals surface area (Å²) in [6.07, 6.45) is 9.87. The van der Waals surface area contributed by atoms with Crippen molar-refractivity contribution >= 4 is 23.8 Å². The van der Waals surface area contributed by atoms with Gasteiger partial charge in [-0.3, -0.25) is 19.2 Å². The van der Waals surface area contributed by atoms with Gasteiger partial charge in [-0.25, -0.2) is 0 Å². The molecule has 0 atom stereocenters. The molecule has 0 radical (unpaired) electrons. The summed E-state index contributed by atoms with van der Waals surface area (Å²) in [7, 11) is 3.91. The van der Waals surface area contributed by atoms with Crippen LogP contribution in [0, 0.1) is 0 Å². The quantitative estimate of drug-likeness (QED) is 0.113. The van der Waals surface area contributed by atoms with Crippen molar-refractivity contribution in [1.29, 1.82) is 0 Å². The van der Waals surface area contributed by atoms with Crippen LogP contribution in [-0.2, 0) is 33.4 Å². The molecule has 0 aromatic heterocycles. The molecule has 1 N–H and O–H groups in total. The van der Waals surface area contributed by atoms with E-state index in [4.69, 9.17) is 14.2 Å². The number of hydrogen-bond acceptors (Lipinski definition) is 8. The third-order valence-electron chi connectivity index (χ3n) is 5.56. The summed E-state index contributed by atoms with van der Waals surface area (Å²) in [6.45, 7) is 7.42. The second-order valence-corrected chi connectivity index (χ2v) is 9.43. The zero-order valence-electron chi connectivity index (χ0n) is 24.1. The summed E-state index contributed by atoms with van der Waals surface area (Å²) in [4.78, 5) is 52.0. The molecule has 2 amide bonds. The Hall–Kier alpha value is -2.46. The zero-order chi connectivity index (χ0) is 28.4. The lowest BCUT2D eigenvalue weighted by Gasteiger charge is -2.21. The summed E-state index contributed by atoms with van der Waals surface area (Å²) in [6, 6.07) is 0. The lowest BCUT2D eigenvalue weighted by molar-refractivity contribution is -0.144. The Labute approximate surface area is 229 Å². The first kappa shape index (κ1) is 35.5. The van der Waals surface area contributed by atoms with E-state index in [0.717, 1.165) is 45.1 Å². The Kier molecular flexibility index (Phi) is 23.2. The van der Waals surface area contributed by atoms with E-state index in [0.29, 0.717) is 58.5 Å². The summed E-state index contributed by atoms with van der Waals surface area (Å²) >= 11 is 0. The van der Waals surface area contributed by atoms with Gasteiger partial charge in [-0.2, -0.15) is 0 Å². The van der Waals surface area contributed by atoms with E-state index >= 15 is 0 Å². The van der Waals surface area contributed by atoms with Crippen LogP contribution in [0.15, 0.2) is 12.2 Å². The first-order valence-electron chi connectivity index (χ1n) is 14.1. The molecule has 10 heteroatoms. The Morgan fingerprint density at radius 3 is 1.74 bits per heavy atom. The predicted molar refractivity (Wildman–Crippen MR) is 148 cm³/mol. The summed E-state index contributed by atoms with van der Waals surface area (Å²) in [5, 5.41) is 2.69. The molecule has 0 heterocycles. The molecule has 0 saturated heterocycles. The van der Waals surface area contributed by atoms with E-state index in [-0.39, 0.29) is 37.0 Å². The van der Waals surface area contributed by atoms with Crippen LogP contribution in [0.5, 0.6) is 0 Å². The minimum absolute atomic E-state index is 0.221. The molecular formula is C28H51N3O7. The molecule has 0 spiro atoms. The van der Waals surface area contributed by atoms with Crippen molar-refractivity contribution in [3.63, 3.8) is 0 Å². The first-order chi connectivity index (χ1) is 18.3. The van der Waals surface area contributed by atoms with E-state index in [2.05, 4.69) is 19.2 Å². The maximum absolute atomic E-state index is 12.7. The van der Waals surface area contributed by atoms with E-state index in [1.54, 1.807) is 4.90 Å². The van der Waals surface area contributed by atoms with Gasteiger partial charge < -0.3 is 29.3 Å². The average molecular weight is 542 g/mol. The van der Waals surface area contributed by atoms with Crippen LogP contribution in [0.3, 0.4) is 0 Å². The topological polar surface area (TPSA) is 114 Å². The number of unbranched alkanes of at least 4 members (excludes halogenated alkanes) is 4. The van der Waals surface area contributed by atoms with Crippen molar-refractivity contribution in [2.24, 2.45) is 0 Å². The highest BCUT2D eigenvalue weighted by Crippen LogP contribution is 2.04. The molecule has 0 aliphatic rings. The van der Waals surface area contributed by atoms with Gasteiger partial charge >= 0.3 is 11.9 Å². The van der Waals surface area contributed by atoms with Crippen molar-refractivity contribution in [1.82, 2.24) is 15.1 Å². The van der Waals surface area contributed by atoms with Crippen molar-refractivity contribution in [2.75, 3.05) is 66.7 Å². The molecule has 220 valence electrons. The van der Waals surface area contributed by atoms with Crippen LogP contribution >= 0.6 is 0 Å². The number of hydrogen-bond donors (Lipinski definition) is 1. The summed E-state index contributed by atoms with van der Waals surface area (Å²) in [5.41, 5.74) is 0. The molecule has 10 nitrogen and oxygen atoms in total. The van der Waals surface area contributed by atoms with Crippen LogP contribution in [0.2, 0.25) is 0 Å². The third kappa shape index (κ3) is 22.7. The van der Waals surface area contributed by atoms with E-state index < -0.39 is 0 Å². The Morgan fingerprint density at radius 1 is 0.684 bits per heavy atom. The smallest absolute Gasteiger partial charge is 0.305 e. The van der Waals surface area contributed by atoms with Crippen LogP contribution in [0.4, 0.5) is 0 Å². The van der Waals surface area contributed by atoms with Crippen LogP contribution in [-0.4, -0.2) is 100 Å². The highest BCUT2D eigenvalue weighted by molar-refractivity contribution is 5.96. The molecule has 0 aliphatic carbocycles. The van der Waals surface area contributed by atoms with Crippen LogP contribution in [0.1, 0.15) is 78.1 Å². The SMILES string of the molecule is CCCCCC(=O)OCCCN(CCCOC(=O)CCCCC)C(=O)/C=C\C(=O)NCCOCCN(C)C. The maximum atomic E-state index is 12.7. The fourth-order valence-corrected chi connectivity index (χ4v) is 3.30. The minimum atomic E-state index is -0.378. The van der Waals surface area contributed by atoms with Gasteiger partial charge in [0.25, 0.3) is 0 Å². The zero-order valence-corrected chi connectivity index (χ0v) is 24.1. The van der Waals surface area contributed by atoms with Gasteiger partial charge in [0.05, 0.1) is 26.4 Å². The largest absolute Gasteiger partial charge is 0.466 e. The number of amides is 2. The molecule has 0 saturated carbocycles. The number of carbonyl (C=O) groups excluding carboxylic acids is 4. The first-order valence-corrected chi connectivity index (χ1v) is 14.1. The van der Waals surface area contributed by atoms with Gasteiger partial charge in [0.15, 0.2) is 0 Å². The highest BCUT2D eigenvalue weighted by atomic mass is 16.5. The highest BCUT2D eigenvalue weighted by Gasteiger charge is 2.12. The summed E-state index contributed by atoms with van der Waals surface area (Å²) < 4.78 is 16.0. The Bertz CT molecular complexity index is 653. The number of nitrogens with zero attached hydrogens (tertiary/aromatic N) is 2. The number of likely N-dealkylation sites (N-methyl/N-ethyl adjacent to an activating group) is 1. The van der Waals surface area contributed by atoms with Gasteiger partial charge in [-0.1, -0.05) is 39.5 Å². The van der Waals surface area contributed by atoms with E-state index in [1.807, 2.05) is 19.0 Å². The second-order valence-electron chi connectivity index (χ2n) is 9.43. The molecule has 38 heavy (non-hydrogen) atoms. The number of ether oxygens (including phenoxy) is 3. The maximum Gasteiger partial charge on any atom is 0.305 e. The Balaban J connectivity index is 4.56. The molecular weight excluding hydrogens is 490 g/mol. The van der Waals surface area contributed by atoms with Crippen LogP contribution < -0.4 is 5.32 Å². The molecule has 0 rings (SSSR count). The van der Waals surface area contributed by atoms with E-state index in [9.17, 15) is 19.2 Å². The number of esters is 2. The van der Waals surface area contributed by atoms with Gasteiger partial charge in [-0.15, -0.1) is 0 Å². The normalized spacial score (nSPS) is 11.1. The second kappa shape index (κ2) is 24.9. The third-order valence-corrected chi connectivity index (χ3v) is 5.56. The molecule has 0 bridgehead atoms. The molecule has 0 fully saturated rings. The van der Waals surface area contributed by atoms with Gasteiger partial charge in [0, 0.05) is 51.2 Å². The standard InChI is InChI=1S/C28H51N3O7/c1-5-7-9-13-27(34)37-21-11-18-31(19-12-22-38-28(35)14-10-8-6-2)26(33)16-15-25(32)29-17-23-36-24-20-30(3)4/h15-16H,5-14,17-24H2,1-4H3,(H,29,32)/b16-15-. The number of nitrogens with one attached hydrogen (secondary N) is 1. The monoisotopic (exact) mass is 541 g/mol. The van der Waals surface area contributed by atoms with Crippen molar-refractivity contribution in [3.05, 3.63) is 12.2 Å². The number of rotatable bonds is 24.